The van der Waals surface area contributed by atoms with E-state index in [1.165, 1.54) is 32.1 Å². The van der Waals surface area contributed by atoms with E-state index in [9.17, 15) is 4.79 Å². The predicted octanol–water partition coefficient (Wildman–Crippen LogP) is 1.63. The highest BCUT2D eigenvalue weighted by molar-refractivity contribution is 6.44. The van der Waals surface area contributed by atoms with Crippen molar-refractivity contribution in [3.05, 3.63) is 23.5 Å². The van der Waals surface area contributed by atoms with E-state index in [1.807, 2.05) is 17.7 Å². The van der Waals surface area contributed by atoms with Crippen molar-refractivity contribution in [1.29, 1.82) is 0 Å². The number of hydrogen-bond acceptors (Lipinski definition) is 6. The zero-order valence-electron chi connectivity index (χ0n) is 16.9. The lowest BCUT2D eigenvalue weighted by Gasteiger charge is -2.20. The second-order valence-electron chi connectivity index (χ2n) is 8.83. The summed E-state index contributed by atoms with van der Waals surface area (Å²) < 4.78 is 13.9. The summed E-state index contributed by atoms with van der Waals surface area (Å²) in [7, 11) is 0. The van der Waals surface area contributed by atoms with Gasteiger partial charge in [0.15, 0.2) is 0 Å². The first-order valence-corrected chi connectivity index (χ1v) is 10.8. The van der Waals surface area contributed by atoms with Gasteiger partial charge in [0.2, 0.25) is 0 Å². The van der Waals surface area contributed by atoms with Gasteiger partial charge < -0.3 is 14.8 Å². The van der Waals surface area contributed by atoms with Gasteiger partial charge in [-0.15, -0.1) is 5.10 Å². The molecular formula is C21H29N5O3. The third kappa shape index (κ3) is 3.88. The molecule has 1 aromatic rings. The molecule has 0 bridgehead atoms. The quantitative estimate of drug-likeness (QED) is 0.813. The molecule has 0 unspecified atom stereocenters. The van der Waals surface area contributed by atoms with E-state index in [0.29, 0.717) is 25.5 Å². The fourth-order valence-electron chi connectivity index (χ4n) is 5.00. The van der Waals surface area contributed by atoms with Crippen LogP contribution in [0.25, 0.3) is 0 Å². The molecule has 1 aliphatic carbocycles. The number of nitrogens with zero attached hydrogens (tertiary/aromatic N) is 4. The molecule has 2 saturated heterocycles. The Morgan fingerprint density at radius 3 is 2.83 bits per heavy atom. The van der Waals surface area contributed by atoms with Gasteiger partial charge in [0.1, 0.15) is 24.0 Å². The van der Waals surface area contributed by atoms with Gasteiger partial charge >= 0.3 is 0 Å². The predicted molar refractivity (Wildman–Crippen MR) is 107 cm³/mol. The minimum atomic E-state index is -0.167. The van der Waals surface area contributed by atoms with Gasteiger partial charge in [0.05, 0.1) is 31.5 Å². The summed E-state index contributed by atoms with van der Waals surface area (Å²) in [6.45, 7) is 3.54. The van der Waals surface area contributed by atoms with Gasteiger partial charge in [0, 0.05) is 6.20 Å². The molecule has 0 aromatic carbocycles. The highest BCUT2D eigenvalue weighted by Gasteiger charge is 2.49. The minimum Gasteiger partial charge on any atom is -0.371 e. The maximum atomic E-state index is 12.5. The zero-order chi connectivity index (χ0) is 19.8. The maximum Gasteiger partial charge on any atom is 0.269 e. The molecule has 0 spiro atoms. The number of carbonyl (C=O) groups is 1. The van der Waals surface area contributed by atoms with Crippen molar-refractivity contribution in [2.24, 2.45) is 10.9 Å². The molecule has 4 atom stereocenters. The van der Waals surface area contributed by atoms with Crippen LogP contribution in [0.3, 0.4) is 0 Å². The Kier molecular flexibility index (Phi) is 5.22. The standard InChI is InChI=1S/C21H29N5O3/c1-13-7-16(22-9-13)21(27)23-17-11-28-20-18(12-29-19(17)20)26-10-15(24-25-26)8-14-5-3-2-4-6-14/h7,10,14,17-20H,2-6,8-9,11-12H2,1H3,(H,23,27)/t17-,18-,19+,20+/m0/s1. The average Bonchev–Trinajstić information content (AvgIpc) is 3.49. The molecule has 1 amide bonds. The fourth-order valence-corrected chi connectivity index (χ4v) is 5.00. The number of ether oxygens (including phenoxy) is 2. The van der Waals surface area contributed by atoms with Crippen molar-refractivity contribution in [2.75, 3.05) is 19.8 Å². The van der Waals surface area contributed by atoms with E-state index in [2.05, 4.69) is 26.8 Å². The molecule has 29 heavy (non-hydrogen) atoms. The molecular weight excluding hydrogens is 370 g/mol. The topological polar surface area (TPSA) is 90.6 Å². The van der Waals surface area contributed by atoms with Crippen molar-refractivity contribution >= 4 is 11.6 Å². The first-order chi connectivity index (χ1) is 14.2. The van der Waals surface area contributed by atoms with Gasteiger partial charge in [0.25, 0.3) is 5.91 Å². The van der Waals surface area contributed by atoms with Crippen LogP contribution >= 0.6 is 0 Å². The Labute approximate surface area is 170 Å². The lowest BCUT2D eigenvalue weighted by Crippen LogP contribution is -2.46. The van der Waals surface area contributed by atoms with Crippen LogP contribution in [0.4, 0.5) is 0 Å². The summed E-state index contributed by atoms with van der Waals surface area (Å²) in [5.41, 5.74) is 2.65. The van der Waals surface area contributed by atoms with Crippen LogP contribution in [0.2, 0.25) is 0 Å². The molecule has 1 aromatic heterocycles. The van der Waals surface area contributed by atoms with Gasteiger partial charge in [-0.2, -0.15) is 0 Å². The molecule has 3 aliphatic heterocycles. The van der Waals surface area contributed by atoms with Crippen molar-refractivity contribution in [3.8, 4) is 0 Å². The summed E-state index contributed by atoms with van der Waals surface area (Å²) in [6.07, 6.45) is 11.3. The number of amides is 1. The minimum absolute atomic E-state index is 0.000435. The van der Waals surface area contributed by atoms with Crippen molar-refractivity contribution in [3.63, 3.8) is 0 Å². The van der Waals surface area contributed by atoms with Gasteiger partial charge in [-0.05, 0) is 30.9 Å². The normalized spacial score (nSPS) is 32.2. The number of fused-ring (bicyclic) bond motifs is 1. The second kappa shape index (κ2) is 7.99. The molecule has 1 saturated carbocycles. The van der Waals surface area contributed by atoms with Crippen LogP contribution < -0.4 is 5.32 Å². The number of rotatable bonds is 5. The van der Waals surface area contributed by atoms with Crippen LogP contribution in [0, 0.1) is 5.92 Å². The first-order valence-electron chi connectivity index (χ1n) is 10.8. The van der Waals surface area contributed by atoms with Crippen LogP contribution in [0.5, 0.6) is 0 Å². The fraction of sp³-hybridized carbons (Fsp3) is 0.714. The maximum absolute atomic E-state index is 12.5. The number of nitrogens with one attached hydrogen (secondary N) is 1. The smallest absolute Gasteiger partial charge is 0.269 e. The van der Waals surface area contributed by atoms with E-state index >= 15 is 0 Å². The Bertz CT molecular complexity index is 826. The highest BCUT2D eigenvalue weighted by Crippen LogP contribution is 2.34. The van der Waals surface area contributed by atoms with E-state index in [-0.39, 0.29) is 30.2 Å². The van der Waals surface area contributed by atoms with Crippen LogP contribution in [0.1, 0.15) is 50.8 Å². The largest absolute Gasteiger partial charge is 0.371 e. The zero-order valence-corrected chi connectivity index (χ0v) is 16.9. The SMILES string of the molecule is CC1=CC(C(=O)N[C@H]2CO[C@H]3[C@@H]2OC[C@@H]3n2cc(CC3CCCCC3)nn2)=NC1. The monoisotopic (exact) mass is 399 g/mol. The third-order valence-corrected chi connectivity index (χ3v) is 6.58. The molecule has 4 heterocycles. The molecule has 4 aliphatic rings. The Morgan fingerprint density at radius 1 is 1.21 bits per heavy atom. The van der Waals surface area contributed by atoms with Crippen LogP contribution in [-0.4, -0.2) is 64.6 Å². The average molecular weight is 399 g/mol. The number of aromatic nitrogens is 3. The third-order valence-electron chi connectivity index (χ3n) is 6.58. The number of carbonyl (C=O) groups excluding carboxylic acids is 1. The molecule has 1 N–H and O–H groups in total. The van der Waals surface area contributed by atoms with Gasteiger partial charge in [-0.3, -0.25) is 9.79 Å². The van der Waals surface area contributed by atoms with E-state index < -0.39 is 0 Å². The summed E-state index contributed by atoms with van der Waals surface area (Å²) in [4.78, 5) is 16.7. The summed E-state index contributed by atoms with van der Waals surface area (Å²) in [5.74, 6) is 0.582. The molecule has 3 fully saturated rings. The van der Waals surface area contributed by atoms with Crippen molar-refractivity contribution in [1.82, 2.24) is 20.3 Å². The highest BCUT2D eigenvalue weighted by atomic mass is 16.6. The summed E-state index contributed by atoms with van der Waals surface area (Å²) in [6, 6.07) is -0.166. The second-order valence-corrected chi connectivity index (χ2v) is 8.83. The van der Waals surface area contributed by atoms with Gasteiger partial charge in [-0.1, -0.05) is 37.3 Å². The molecule has 156 valence electrons. The number of aliphatic imine (C=N–C) groups is 1. The van der Waals surface area contributed by atoms with E-state index in [4.69, 9.17) is 9.47 Å². The summed E-state index contributed by atoms with van der Waals surface area (Å²) >= 11 is 0. The molecule has 8 nitrogen and oxygen atoms in total. The number of hydrogen-bond donors (Lipinski definition) is 1. The molecule has 8 heteroatoms. The lowest BCUT2D eigenvalue weighted by atomic mass is 9.86. The lowest BCUT2D eigenvalue weighted by molar-refractivity contribution is -0.116. The van der Waals surface area contributed by atoms with Crippen molar-refractivity contribution in [2.45, 2.75) is 69.7 Å². The Hall–Kier alpha value is -2.06. The van der Waals surface area contributed by atoms with Crippen LogP contribution in [-0.2, 0) is 20.7 Å². The van der Waals surface area contributed by atoms with E-state index in [1.54, 1.807) is 0 Å². The summed E-state index contributed by atoms with van der Waals surface area (Å²) in [5, 5.41) is 11.8. The van der Waals surface area contributed by atoms with Crippen molar-refractivity contribution < 1.29 is 14.3 Å². The molecule has 5 rings (SSSR count). The molecule has 0 radical (unpaired) electrons. The Morgan fingerprint density at radius 2 is 2.03 bits per heavy atom. The first kappa shape index (κ1) is 18.9. The van der Waals surface area contributed by atoms with Gasteiger partial charge in [-0.25, -0.2) is 4.68 Å². The van der Waals surface area contributed by atoms with Crippen LogP contribution in [0.15, 0.2) is 22.8 Å². The van der Waals surface area contributed by atoms with E-state index in [0.717, 1.165) is 23.6 Å². The Balaban J connectivity index is 1.20.